The molecule has 0 N–H and O–H groups in total. The molecule has 158 valence electrons. The van der Waals surface area contributed by atoms with E-state index in [-0.39, 0.29) is 11.3 Å². The van der Waals surface area contributed by atoms with Crippen LogP contribution >= 0.6 is 0 Å². The normalized spacial score (nSPS) is 14.9. The van der Waals surface area contributed by atoms with Crippen molar-refractivity contribution >= 4 is 17.6 Å². The van der Waals surface area contributed by atoms with E-state index in [1.54, 1.807) is 21.9 Å². The van der Waals surface area contributed by atoms with Gasteiger partial charge in [0, 0.05) is 37.3 Å². The van der Waals surface area contributed by atoms with Crippen LogP contribution < -0.4 is 0 Å². The molecule has 1 fully saturated rings. The zero-order chi connectivity index (χ0) is 21.9. The Hall–Kier alpha value is -2.95. The summed E-state index contributed by atoms with van der Waals surface area (Å²) in [7, 11) is 0. The lowest BCUT2D eigenvalue weighted by atomic mass is 9.86. The molecule has 0 bridgehead atoms. The molecule has 1 aliphatic heterocycles. The zero-order valence-corrected chi connectivity index (χ0v) is 18.3. The molecular weight excluding hydrogens is 376 g/mol. The van der Waals surface area contributed by atoms with Gasteiger partial charge in [-0.3, -0.25) is 14.4 Å². The minimum Gasteiger partial charge on any atom is -0.337 e. The van der Waals surface area contributed by atoms with Crippen LogP contribution in [0.3, 0.4) is 0 Å². The average Bonchev–Trinajstić information content (AvgIpc) is 2.98. The number of benzene rings is 2. The Morgan fingerprint density at radius 1 is 0.800 bits per heavy atom. The fraction of sp³-hybridized carbons (Fsp3) is 0.400. The third-order valence-corrected chi connectivity index (χ3v) is 5.54. The zero-order valence-electron chi connectivity index (χ0n) is 18.3. The molecular formula is C25H30N2O3. The van der Waals surface area contributed by atoms with Crippen molar-refractivity contribution in [3.05, 3.63) is 70.8 Å². The molecule has 0 aliphatic carbocycles. The van der Waals surface area contributed by atoms with Gasteiger partial charge in [0.2, 0.25) is 5.78 Å². The van der Waals surface area contributed by atoms with Crippen LogP contribution in [-0.4, -0.2) is 53.6 Å². The summed E-state index contributed by atoms with van der Waals surface area (Å²) >= 11 is 0. The number of rotatable bonds is 3. The first-order valence-electron chi connectivity index (χ1n) is 10.5. The van der Waals surface area contributed by atoms with Gasteiger partial charge in [0.1, 0.15) is 0 Å². The van der Waals surface area contributed by atoms with E-state index in [0.29, 0.717) is 43.7 Å². The van der Waals surface area contributed by atoms with Crippen LogP contribution in [0.5, 0.6) is 0 Å². The summed E-state index contributed by atoms with van der Waals surface area (Å²) in [5, 5.41) is 0. The molecule has 1 heterocycles. The third-order valence-electron chi connectivity index (χ3n) is 5.54. The number of carbonyl (C=O) groups is 3. The number of nitrogens with zero attached hydrogens (tertiary/aromatic N) is 2. The Morgan fingerprint density at radius 3 is 2.07 bits per heavy atom. The predicted octanol–water partition coefficient (Wildman–Crippen LogP) is 3.85. The van der Waals surface area contributed by atoms with Gasteiger partial charge in [-0.1, -0.05) is 62.7 Å². The lowest BCUT2D eigenvalue weighted by molar-refractivity contribution is -0.126. The van der Waals surface area contributed by atoms with Crippen LogP contribution in [0.1, 0.15) is 59.0 Å². The highest BCUT2D eigenvalue weighted by molar-refractivity contribution is 6.42. The molecule has 0 unspecified atom stereocenters. The van der Waals surface area contributed by atoms with E-state index in [4.69, 9.17) is 0 Å². The van der Waals surface area contributed by atoms with Crippen LogP contribution in [0.25, 0.3) is 0 Å². The monoisotopic (exact) mass is 406 g/mol. The number of aryl methyl sites for hydroxylation is 1. The van der Waals surface area contributed by atoms with Crippen molar-refractivity contribution in [2.75, 3.05) is 26.2 Å². The van der Waals surface area contributed by atoms with Gasteiger partial charge in [0.15, 0.2) is 0 Å². The minimum atomic E-state index is -0.497. The fourth-order valence-electron chi connectivity index (χ4n) is 3.67. The second-order valence-electron chi connectivity index (χ2n) is 8.96. The van der Waals surface area contributed by atoms with Crippen molar-refractivity contribution < 1.29 is 14.4 Å². The Balaban J connectivity index is 1.65. The Labute approximate surface area is 178 Å². The second-order valence-corrected chi connectivity index (χ2v) is 8.96. The summed E-state index contributed by atoms with van der Waals surface area (Å²) in [5.41, 5.74) is 3.21. The average molecular weight is 407 g/mol. The lowest BCUT2D eigenvalue weighted by Gasteiger charge is -2.22. The van der Waals surface area contributed by atoms with Crippen molar-refractivity contribution in [1.82, 2.24) is 9.80 Å². The van der Waals surface area contributed by atoms with Gasteiger partial charge in [-0.25, -0.2) is 0 Å². The molecule has 3 rings (SSSR count). The molecule has 0 spiro atoms. The quantitative estimate of drug-likeness (QED) is 0.575. The van der Waals surface area contributed by atoms with E-state index in [2.05, 4.69) is 20.8 Å². The predicted molar refractivity (Wildman–Crippen MR) is 118 cm³/mol. The topological polar surface area (TPSA) is 57.7 Å². The maximum Gasteiger partial charge on any atom is 0.295 e. The number of hydrogen-bond acceptors (Lipinski definition) is 3. The van der Waals surface area contributed by atoms with E-state index in [1.165, 1.54) is 0 Å². The van der Waals surface area contributed by atoms with Crippen molar-refractivity contribution in [2.45, 2.75) is 39.5 Å². The maximum absolute atomic E-state index is 12.8. The first kappa shape index (κ1) is 21.8. The van der Waals surface area contributed by atoms with Crippen LogP contribution in [-0.2, 0) is 10.2 Å². The molecule has 0 saturated carbocycles. The Morgan fingerprint density at radius 2 is 1.43 bits per heavy atom. The maximum atomic E-state index is 12.8. The van der Waals surface area contributed by atoms with Gasteiger partial charge in [-0.15, -0.1) is 0 Å². The molecule has 0 radical (unpaired) electrons. The van der Waals surface area contributed by atoms with Crippen LogP contribution in [0.2, 0.25) is 0 Å². The number of ketones is 1. The number of Topliss-reactive ketones (excluding diaryl/α,β-unsaturated/α-hetero) is 1. The third kappa shape index (κ3) is 4.96. The van der Waals surface area contributed by atoms with Gasteiger partial charge in [0.05, 0.1) is 0 Å². The van der Waals surface area contributed by atoms with Gasteiger partial charge in [-0.2, -0.15) is 0 Å². The molecule has 5 heteroatoms. The summed E-state index contributed by atoms with van der Waals surface area (Å²) in [4.78, 5) is 41.7. The molecule has 30 heavy (non-hydrogen) atoms. The molecule has 0 aromatic heterocycles. The van der Waals surface area contributed by atoms with E-state index in [9.17, 15) is 14.4 Å². The standard InChI is InChI=1S/C25H30N2O3/c1-18-7-5-8-20(17-18)23(29)26-13-6-14-27(16-15-26)24(30)22(28)19-9-11-21(12-10-19)25(2,3)4/h5,7-12,17H,6,13-16H2,1-4H3. The highest BCUT2D eigenvalue weighted by atomic mass is 16.2. The number of carbonyl (C=O) groups excluding carboxylic acids is 3. The van der Waals surface area contributed by atoms with Gasteiger partial charge in [-0.05, 0) is 36.5 Å². The first-order chi connectivity index (χ1) is 14.2. The summed E-state index contributed by atoms with van der Waals surface area (Å²) in [5.74, 6) is -1.02. The second kappa shape index (κ2) is 8.82. The number of hydrogen-bond donors (Lipinski definition) is 0. The highest BCUT2D eigenvalue weighted by Crippen LogP contribution is 2.22. The van der Waals surface area contributed by atoms with Crippen LogP contribution in [0, 0.1) is 6.92 Å². The summed E-state index contributed by atoms with van der Waals surface area (Å²) in [6.07, 6.45) is 0.652. The van der Waals surface area contributed by atoms with Crippen molar-refractivity contribution in [3.63, 3.8) is 0 Å². The molecule has 2 amide bonds. The Kier molecular flexibility index (Phi) is 6.40. The fourth-order valence-corrected chi connectivity index (χ4v) is 3.67. The smallest absolute Gasteiger partial charge is 0.295 e. The summed E-state index contributed by atoms with van der Waals surface area (Å²) in [6.45, 7) is 10.1. The van der Waals surface area contributed by atoms with Gasteiger partial charge < -0.3 is 9.80 Å². The lowest BCUT2D eigenvalue weighted by Crippen LogP contribution is -2.40. The molecule has 2 aromatic carbocycles. The van der Waals surface area contributed by atoms with Crippen molar-refractivity contribution in [2.24, 2.45) is 0 Å². The summed E-state index contributed by atoms with van der Waals surface area (Å²) in [6, 6.07) is 14.8. The molecule has 0 atom stereocenters. The van der Waals surface area contributed by atoms with E-state index in [0.717, 1.165) is 11.1 Å². The van der Waals surface area contributed by atoms with Crippen LogP contribution in [0.15, 0.2) is 48.5 Å². The van der Waals surface area contributed by atoms with Gasteiger partial charge >= 0.3 is 0 Å². The minimum absolute atomic E-state index is 0.0103. The van der Waals surface area contributed by atoms with E-state index in [1.807, 2.05) is 43.3 Å². The SMILES string of the molecule is Cc1cccc(C(=O)N2CCCN(C(=O)C(=O)c3ccc(C(C)(C)C)cc3)CC2)c1. The van der Waals surface area contributed by atoms with Gasteiger partial charge in [0.25, 0.3) is 11.8 Å². The van der Waals surface area contributed by atoms with Crippen LogP contribution in [0.4, 0.5) is 0 Å². The largest absolute Gasteiger partial charge is 0.337 e. The Bertz CT molecular complexity index is 942. The molecule has 1 saturated heterocycles. The molecule has 1 aliphatic rings. The highest BCUT2D eigenvalue weighted by Gasteiger charge is 2.27. The first-order valence-corrected chi connectivity index (χ1v) is 10.5. The van der Waals surface area contributed by atoms with E-state index >= 15 is 0 Å². The van der Waals surface area contributed by atoms with Crippen molar-refractivity contribution in [3.8, 4) is 0 Å². The summed E-state index contributed by atoms with van der Waals surface area (Å²) < 4.78 is 0. The molecule has 2 aromatic rings. The number of amides is 2. The molecule has 5 nitrogen and oxygen atoms in total. The van der Waals surface area contributed by atoms with Crippen molar-refractivity contribution in [1.29, 1.82) is 0 Å². The van der Waals surface area contributed by atoms with E-state index < -0.39 is 11.7 Å².